The zero-order valence-electron chi connectivity index (χ0n) is 12.6. The maximum Gasteiger partial charge on any atom is 0.327 e. The van der Waals surface area contributed by atoms with E-state index in [0.717, 1.165) is 9.87 Å². The van der Waals surface area contributed by atoms with Gasteiger partial charge >= 0.3 is 5.97 Å². The minimum absolute atomic E-state index is 0.0335. The normalized spacial score (nSPS) is 12.7. The van der Waals surface area contributed by atoms with Gasteiger partial charge in [0.05, 0.1) is 10.6 Å². The number of aryl methyl sites for hydroxylation is 1. The number of halogens is 1. The molecule has 5 nitrogen and oxygen atoms in total. The van der Waals surface area contributed by atoms with Crippen LogP contribution in [0.4, 0.5) is 5.69 Å². The van der Waals surface area contributed by atoms with Gasteiger partial charge in [0.25, 0.3) is 10.0 Å². The highest BCUT2D eigenvalue weighted by Gasteiger charge is 2.33. The summed E-state index contributed by atoms with van der Waals surface area (Å²) in [5, 5.41) is 9.73. The van der Waals surface area contributed by atoms with Gasteiger partial charge in [0, 0.05) is 5.02 Å². The van der Waals surface area contributed by atoms with Gasteiger partial charge in [0.2, 0.25) is 0 Å². The summed E-state index contributed by atoms with van der Waals surface area (Å²) in [6, 6.07) is 11.0. The lowest BCUT2D eigenvalue weighted by molar-refractivity contribution is -0.137. The summed E-state index contributed by atoms with van der Waals surface area (Å²) in [5.41, 5.74) is 1.15. The number of anilines is 1. The number of aliphatic carboxylic acids is 1. The van der Waals surface area contributed by atoms with Crippen LogP contribution in [0.5, 0.6) is 0 Å². The minimum atomic E-state index is -4.02. The summed E-state index contributed by atoms with van der Waals surface area (Å²) in [7, 11) is -4.02. The lowest BCUT2D eigenvalue weighted by Gasteiger charge is -2.28. The fourth-order valence-corrected chi connectivity index (χ4v) is 3.82. The minimum Gasteiger partial charge on any atom is -0.480 e. The Bertz CT molecular complexity index is 801. The molecule has 2 rings (SSSR count). The van der Waals surface area contributed by atoms with E-state index < -0.39 is 22.0 Å². The number of benzene rings is 2. The van der Waals surface area contributed by atoms with Crippen LogP contribution in [-0.4, -0.2) is 25.5 Å². The number of carboxylic acids is 1. The Labute approximate surface area is 140 Å². The van der Waals surface area contributed by atoms with E-state index in [1.54, 1.807) is 12.1 Å². The van der Waals surface area contributed by atoms with Gasteiger partial charge in [0.1, 0.15) is 6.04 Å². The SMILES string of the molecule is Cc1ccc(S(=O)(=O)N(c2ccc(Cl)cc2)[C@H](C)C(=O)O)cc1. The maximum absolute atomic E-state index is 12.9. The van der Waals surface area contributed by atoms with Crippen molar-refractivity contribution in [2.24, 2.45) is 0 Å². The van der Waals surface area contributed by atoms with Gasteiger partial charge in [-0.1, -0.05) is 29.3 Å². The van der Waals surface area contributed by atoms with Gasteiger partial charge in [0.15, 0.2) is 0 Å². The Morgan fingerprint density at radius 1 is 1.09 bits per heavy atom. The first-order valence-electron chi connectivity index (χ1n) is 6.83. The number of rotatable bonds is 5. The van der Waals surface area contributed by atoms with Crippen LogP contribution in [0.15, 0.2) is 53.4 Å². The molecule has 0 bridgehead atoms. The third kappa shape index (κ3) is 3.65. The Morgan fingerprint density at radius 2 is 1.61 bits per heavy atom. The highest BCUT2D eigenvalue weighted by atomic mass is 35.5. The Balaban J connectivity index is 2.58. The molecule has 0 aliphatic carbocycles. The Hall–Kier alpha value is -2.05. The molecular weight excluding hydrogens is 338 g/mol. The van der Waals surface area contributed by atoms with Crippen LogP contribution >= 0.6 is 11.6 Å². The second kappa shape index (κ2) is 6.60. The lowest BCUT2D eigenvalue weighted by Crippen LogP contribution is -2.43. The van der Waals surface area contributed by atoms with Crippen molar-refractivity contribution in [1.29, 1.82) is 0 Å². The molecule has 0 spiro atoms. The summed E-state index contributed by atoms with van der Waals surface area (Å²) >= 11 is 5.82. The number of sulfonamides is 1. The van der Waals surface area contributed by atoms with E-state index >= 15 is 0 Å². The average Bonchev–Trinajstić information content (AvgIpc) is 2.49. The van der Waals surface area contributed by atoms with Gasteiger partial charge in [-0.3, -0.25) is 4.31 Å². The molecule has 0 saturated carbocycles. The molecule has 2 aromatic rings. The van der Waals surface area contributed by atoms with Crippen LogP contribution < -0.4 is 4.31 Å². The second-order valence-electron chi connectivity index (χ2n) is 5.10. The topological polar surface area (TPSA) is 74.7 Å². The predicted molar refractivity (Wildman–Crippen MR) is 89.4 cm³/mol. The van der Waals surface area contributed by atoms with E-state index in [4.69, 9.17) is 11.6 Å². The average molecular weight is 354 g/mol. The molecule has 0 fully saturated rings. The van der Waals surface area contributed by atoms with E-state index in [2.05, 4.69) is 0 Å². The van der Waals surface area contributed by atoms with E-state index in [1.807, 2.05) is 6.92 Å². The quantitative estimate of drug-likeness (QED) is 0.894. The molecule has 0 aliphatic rings. The fraction of sp³-hybridized carbons (Fsp3) is 0.188. The van der Waals surface area contributed by atoms with Crippen LogP contribution in [0.1, 0.15) is 12.5 Å². The van der Waals surface area contributed by atoms with Gasteiger partial charge in [-0.2, -0.15) is 0 Å². The largest absolute Gasteiger partial charge is 0.480 e. The summed E-state index contributed by atoms with van der Waals surface area (Å²) in [6.45, 7) is 3.16. The zero-order valence-corrected chi connectivity index (χ0v) is 14.2. The van der Waals surface area contributed by atoms with E-state index in [1.165, 1.54) is 43.3 Å². The van der Waals surface area contributed by atoms with Crippen LogP contribution in [0.2, 0.25) is 5.02 Å². The summed E-state index contributed by atoms with van der Waals surface area (Å²) < 4.78 is 26.7. The molecule has 2 aromatic carbocycles. The lowest BCUT2D eigenvalue weighted by atomic mass is 10.2. The van der Waals surface area contributed by atoms with Crippen LogP contribution in [0.3, 0.4) is 0 Å². The number of carboxylic acid groups (broad SMARTS) is 1. The summed E-state index contributed by atoms with van der Waals surface area (Å²) in [5.74, 6) is -1.24. The zero-order chi connectivity index (χ0) is 17.2. The number of hydrogen-bond acceptors (Lipinski definition) is 3. The number of nitrogens with zero attached hydrogens (tertiary/aromatic N) is 1. The standard InChI is InChI=1S/C16H16ClNO4S/c1-11-3-9-15(10-4-11)23(21,22)18(12(2)16(19)20)14-7-5-13(17)6-8-14/h3-10,12H,1-2H3,(H,19,20)/t12-/m1/s1. The van der Waals surface area contributed by atoms with Crippen molar-refractivity contribution in [3.8, 4) is 0 Å². The highest BCUT2D eigenvalue weighted by molar-refractivity contribution is 7.92. The third-order valence-corrected chi connectivity index (χ3v) is 5.53. The maximum atomic E-state index is 12.9. The summed E-state index contributed by atoms with van der Waals surface area (Å²) in [4.78, 5) is 11.4. The molecule has 23 heavy (non-hydrogen) atoms. The molecule has 0 unspecified atom stereocenters. The molecule has 1 N–H and O–H groups in total. The van der Waals surface area contributed by atoms with Gasteiger partial charge in [-0.25, -0.2) is 13.2 Å². The van der Waals surface area contributed by atoms with Crippen molar-refractivity contribution in [3.05, 3.63) is 59.1 Å². The molecule has 0 radical (unpaired) electrons. The Kier molecular flexibility index (Phi) is 4.97. The smallest absolute Gasteiger partial charge is 0.327 e. The molecular formula is C16H16ClNO4S. The summed E-state index contributed by atoms with van der Waals surface area (Å²) in [6.07, 6.45) is 0. The van der Waals surface area contributed by atoms with Gasteiger partial charge < -0.3 is 5.11 Å². The number of hydrogen-bond donors (Lipinski definition) is 1. The molecule has 0 amide bonds. The first-order chi connectivity index (χ1) is 10.7. The van der Waals surface area contributed by atoms with E-state index in [-0.39, 0.29) is 10.6 Å². The van der Waals surface area contributed by atoms with Crippen molar-refractivity contribution in [2.45, 2.75) is 24.8 Å². The Morgan fingerprint density at radius 3 is 2.09 bits per heavy atom. The molecule has 122 valence electrons. The van der Waals surface area contributed by atoms with E-state index in [9.17, 15) is 18.3 Å². The second-order valence-corrected chi connectivity index (χ2v) is 7.36. The van der Waals surface area contributed by atoms with Gasteiger partial charge in [-0.15, -0.1) is 0 Å². The molecule has 0 saturated heterocycles. The molecule has 0 aromatic heterocycles. The number of carbonyl (C=O) groups is 1. The third-order valence-electron chi connectivity index (χ3n) is 3.37. The monoisotopic (exact) mass is 353 g/mol. The molecule has 7 heteroatoms. The van der Waals surface area contributed by atoms with Crippen LogP contribution in [-0.2, 0) is 14.8 Å². The van der Waals surface area contributed by atoms with E-state index in [0.29, 0.717) is 5.02 Å². The van der Waals surface area contributed by atoms with Crippen molar-refractivity contribution >= 4 is 33.3 Å². The van der Waals surface area contributed by atoms with Crippen molar-refractivity contribution < 1.29 is 18.3 Å². The first-order valence-corrected chi connectivity index (χ1v) is 8.65. The fourth-order valence-electron chi connectivity index (χ4n) is 2.08. The molecule has 0 heterocycles. The van der Waals surface area contributed by atoms with Crippen molar-refractivity contribution in [1.82, 2.24) is 0 Å². The van der Waals surface area contributed by atoms with Crippen molar-refractivity contribution in [3.63, 3.8) is 0 Å². The van der Waals surface area contributed by atoms with Crippen LogP contribution in [0.25, 0.3) is 0 Å². The predicted octanol–water partition coefficient (Wildman–Crippen LogP) is 3.32. The highest BCUT2D eigenvalue weighted by Crippen LogP contribution is 2.27. The van der Waals surface area contributed by atoms with Gasteiger partial charge in [-0.05, 0) is 50.2 Å². The molecule has 1 atom stereocenters. The first kappa shape index (κ1) is 17.3. The van der Waals surface area contributed by atoms with Crippen molar-refractivity contribution in [2.75, 3.05) is 4.31 Å². The molecule has 0 aliphatic heterocycles. The van der Waals surface area contributed by atoms with Crippen LogP contribution in [0, 0.1) is 6.92 Å².